The zero-order valence-corrected chi connectivity index (χ0v) is 21.9. The van der Waals surface area contributed by atoms with Gasteiger partial charge < -0.3 is 25.0 Å². The van der Waals surface area contributed by atoms with Crippen molar-refractivity contribution in [3.63, 3.8) is 0 Å². The molecule has 3 aromatic rings. The Labute approximate surface area is 226 Å². The number of carbonyl (C=O) groups is 2. The van der Waals surface area contributed by atoms with Crippen molar-refractivity contribution in [2.45, 2.75) is 37.7 Å². The second-order valence-corrected chi connectivity index (χ2v) is 9.45. The number of aliphatic hydroxyl groups excluding tert-OH is 1. The molecular formula is C31H32FNO6. The molecule has 0 spiro atoms. The molecule has 0 heterocycles. The van der Waals surface area contributed by atoms with Gasteiger partial charge in [0.2, 0.25) is 0 Å². The average Bonchev–Trinajstić information content (AvgIpc) is 3.40. The number of benzene rings is 3. The Kier molecular flexibility index (Phi) is 8.99. The number of phenols is 1. The van der Waals surface area contributed by atoms with Crippen LogP contribution in [0.5, 0.6) is 17.2 Å². The van der Waals surface area contributed by atoms with E-state index in [2.05, 4.69) is 5.32 Å². The molecular weight excluding hydrogens is 501 g/mol. The molecule has 4 rings (SSSR count). The van der Waals surface area contributed by atoms with Gasteiger partial charge in [-0.05, 0) is 48.7 Å². The minimum atomic E-state index is -0.630. The molecule has 1 aliphatic carbocycles. The van der Waals surface area contributed by atoms with Gasteiger partial charge in [0, 0.05) is 29.5 Å². The van der Waals surface area contributed by atoms with Crippen LogP contribution in [0, 0.1) is 5.82 Å². The van der Waals surface area contributed by atoms with E-state index in [4.69, 9.17) is 9.47 Å². The highest BCUT2D eigenvalue weighted by Gasteiger charge is 2.36. The van der Waals surface area contributed by atoms with Crippen molar-refractivity contribution < 1.29 is 33.7 Å². The predicted octanol–water partition coefficient (Wildman–Crippen LogP) is 4.89. The fourth-order valence-electron chi connectivity index (χ4n) is 4.78. The number of amides is 1. The van der Waals surface area contributed by atoms with Crippen LogP contribution in [0.15, 0.2) is 78.4 Å². The number of methoxy groups -OCH3 is 1. The van der Waals surface area contributed by atoms with Crippen LogP contribution in [-0.4, -0.2) is 48.3 Å². The molecule has 7 nitrogen and oxygen atoms in total. The summed E-state index contributed by atoms with van der Waals surface area (Å²) in [7, 11) is 1.49. The van der Waals surface area contributed by atoms with E-state index in [9.17, 15) is 24.2 Å². The first-order valence-corrected chi connectivity index (χ1v) is 12.9. The van der Waals surface area contributed by atoms with Crippen LogP contribution in [0.4, 0.5) is 4.39 Å². The zero-order chi connectivity index (χ0) is 27.9. The molecule has 0 bridgehead atoms. The number of carbonyl (C=O) groups excluding carboxylic acids is 2. The number of hydrogen-bond donors (Lipinski definition) is 3. The van der Waals surface area contributed by atoms with Gasteiger partial charge in [0.15, 0.2) is 23.9 Å². The Hall–Kier alpha value is -4.17. The zero-order valence-electron chi connectivity index (χ0n) is 21.9. The molecule has 39 heavy (non-hydrogen) atoms. The highest BCUT2D eigenvalue weighted by molar-refractivity contribution is 6.11. The summed E-state index contributed by atoms with van der Waals surface area (Å²) in [4.78, 5) is 25.9. The number of allylic oxidation sites excluding steroid dienone is 2. The van der Waals surface area contributed by atoms with E-state index >= 15 is 0 Å². The number of ketones is 1. The predicted molar refractivity (Wildman–Crippen MR) is 145 cm³/mol. The number of hydrogen-bond acceptors (Lipinski definition) is 6. The Bertz CT molecular complexity index is 1350. The van der Waals surface area contributed by atoms with Crippen LogP contribution < -0.4 is 14.8 Å². The Balaban J connectivity index is 1.65. The van der Waals surface area contributed by atoms with Crippen LogP contribution in [0.1, 0.15) is 53.1 Å². The van der Waals surface area contributed by atoms with Gasteiger partial charge in [0.1, 0.15) is 11.6 Å². The van der Waals surface area contributed by atoms with E-state index in [0.717, 1.165) is 5.56 Å². The maximum atomic E-state index is 13.7. The van der Waals surface area contributed by atoms with Gasteiger partial charge in [-0.1, -0.05) is 49.4 Å². The first-order chi connectivity index (χ1) is 18.8. The summed E-state index contributed by atoms with van der Waals surface area (Å²) < 4.78 is 25.1. The van der Waals surface area contributed by atoms with Gasteiger partial charge in [-0.15, -0.1) is 0 Å². The SMILES string of the molecule is CCC(O)CNC(=O)COc1cccc(C2CC(c3ccc(F)cc3)C=C2C(=O)c2ccccc2O)c1OC. The maximum Gasteiger partial charge on any atom is 0.258 e. The number of aromatic hydroxyl groups is 1. The molecule has 3 N–H and O–H groups in total. The van der Waals surface area contributed by atoms with Crippen molar-refractivity contribution in [3.8, 4) is 17.2 Å². The number of rotatable bonds is 11. The molecule has 204 valence electrons. The maximum absolute atomic E-state index is 13.7. The normalized spacial score (nSPS) is 17.3. The molecule has 1 amide bonds. The summed E-state index contributed by atoms with van der Waals surface area (Å²) in [6, 6.07) is 17.8. The summed E-state index contributed by atoms with van der Waals surface area (Å²) >= 11 is 0. The van der Waals surface area contributed by atoms with E-state index in [1.165, 1.54) is 25.3 Å². The first-order valence-electron chi connectivity index (χ1n) is 12.9. The fourth-order valence-corrected chi connectivity index (χ4v) is 4.78. The summed E-state index contributed by atoms with van der Waals surface area (Å²) in [5.74, 6) is -1.03. The number of ether oxygens (including phenoxy) is 2. The van der Waals surface area contributed by atoms with Crippen molar-refractivity contribution in [1.29, 1.82) is 0 Å². The largest absolute Gasteiger partial charge is 0.507 e. The first kappa shape index (κ1) is 27.9. The van der Waals surface area contributed by atoms with E-state index in [-0.39, 0.29) is 47.9 Å². The average molecular weight is 534 g/mol. The van der Waals surface area contributed by atoms with Crippen LogP contribution in [0.3, 0.4) is 0 Å². The lowest BCUT2D eigenvalue weighted by Crippen LogP contribution is -2.35. The molecule has 0 aliphatic heterocycles. The quantitative estimate of drug-likeness (QED) is 0.303. The van der Waals surface area contributed by atoms with Gasteiger partial charge in [-0.3, -0.25) is 9.59 Å². The van der Waals surface area contributed by atoms with Gasteiger partial charge in [-0.2, -0.15) is 0 Å². The molecule has 3 atom stereocenters. The van der Waals surface area contributed by atoms with Crippen LogP contribution >= 0.6 is 0 Å². The van der Waals surface area contributed by atoms with Gasteiger partial charge in [-0.25, -0.2) is 4.39 Å². The molecule has 0 aromatic heterocycles. The smallest absolute Gasteiger partial charge is 0.258 e. The minimum absolute atomic E-state index is 0.115. The van der Waals surface area contributed by atoms with Crippen LogP contribution in [-0.2, 0) is 4.79 Å². The number of nitrogens with one attached hydrogen (secondary N) is 1. The second kappa shape index (κ2) is 12.6. The lowest BCUT2D eigenvalue weighted by atomic mass is 9.86. The third-order valence-corrected chi connectivity index (χ3v) is 6.91. The second-order valence-electron chi connectivity index (χ2n) is 9.45. The minimum Gasteiger partial charge on any atom is -0.507 e. The number of Topliss-reactive ketones (excluding diaryl/α,β-unsaturated/α-hetero) is 1. The number of para-hydroxylation sites is 2. The lowest BCUT2D eigenvalue weighted by molar-refractivity contribution is -0.123. The monoisotopic (exact) mass is 533 g/mol. The van der Waals surface area contributed by atoms with Crippen LogP contribution in [0.2, 0.25) is 0 Å². The lowest BCUT2D eigenvalue weighted by Gasteiger charge is -2.21. The van der Waals surface area contributed by atoms with Crippen molar-refractivity contribution in [2.24, 2.45) is 0 Å². The standard InChI is InChI=1S/C31H32FNO6/c1-3-22(34)17-33-29(36)18-39-28-10-6-8-23(31(28)38-2)25-15-20(19-11-13-21(32)14-12-19)16-26(25)30(37)24-7-4-5-9-27(24)35/h4-14,16,20,22,25,34-35H,3,15,17-18H2,1-2H3,(H,33,36). The van der Waals surface area contributed by atoms with E-state index in [1.54, 1.807) is 42.5 Å². The third-order valence-electron chi connectivity index (χ3n) is 6.91. The third kappa shape index (κ3) is 6.46. The summed E-state index contributed by atoms with van der Waals surface area (Å²) in [6.45, 7) is 1.67. The van der Waals surface area contributed by atoms with Crippen molar-refractivity contribution in [1.82, 2.24) is 5.32 Å². The van der Waals surface area contributed by atoms with Gasteiger partial charge in [0.05, 0.1) is 18.8 Å². The topological polar surface area (TPSA) is 105 Å². The molecule has 3 aromatic carbocycles. The van der Waals surface area contributed by atoms with Crippen LogP contribution in [0.25, 0.3) is 0 Å². The number of aliphatic hydroxyl groups is 1. The molecule has 0 saturated heterocycles. The Morgan fingerprint density at radius 3 is 2.51 bits per heavy atom. The van der Waals surface area contributed by atoms with Crippen molar-refractivity contribution >= 4 is 11.7 Å². The fraction of sp³-hybridized carbons (Fsp3) is 0.290. The van der Waals surface area contributed by atoms with Crippen molar-refractivity contribution in [2.75, 3.05) is 20.3 Å². The highest BCUT2D eigenvalue weighted by Crippen LogP contribution is 2.49. The number of phenolic OH excluding ortho intramolecular Hbond substituents is 1. The summed E-state index contributed by atoms with van der Waals surface area (Å²) in [5, 5.41) is 22.7. The summed E-state index contributed by atoms with van der Waals surface area (Å²) in [5.41, 5.74) is 2.22. The molecule has 1 aliphatic rings. The van der Waals surface area contributed by atoms with E-state index in [1.807, 2.05) is 19.1 Å². The number of halogens is 1. The molecule has 8 heteroatoms. The molecule has 0 fully saturated rings. The molecule has 3 unspecified atom stereocenters. The molecule has 0 radical (unpaired) electrons. The van der Waals surface area contributed by atoms with E-state index in [0.29, 0.717) is 35.5 Å². The van der Waals surface area contributed by atoms with Crippen molar-refractivity contribution in [3.05, 3.63) is 101 Å². The van der Waals surface area contributed by atoms with E-state index < -0.39 is 12.0 Å². The van der Waals surface area contributed by atoms with Gasteiger partial charge in [0.25, 0.3) is 5.91 Å². The highest BCUT2D eigenvalue weighted by atomic mass is 19.1. The Morgan fingerprint density at radius 2 is 1.82 bits per heavy atom. The summed E-state index contributed by atoms with van der Waals surface area (Å²) in [6.07, 6.45) is 2.27. The van der Waals surface area contributed by atoms with Gasteiger partial charge >= 0.3 is 0 Å². The molecule has 0 saturated carbocycles. The Morgan fingerprint density at radius 1 is 1.08 bits per heavy atom.